The molecule has 124 valence electrons. The lowest BCUT2D eigenvalue weighted by Gasteiger charge is -2.23. The molecule has 0 saturated carbocycles. The molecule has 1 saturated heterocycles. The molecule has 1 atom stereocenters. The van der Waals surface area contributed by atoms with Crippen molar-refractivity contribution >= 4 is 22.7 Å². The van der Waals surface area contributed by atoms with Crippen molar-refractivity contribution < 1.29 is 5.11 Å². The van der Waals surface area contributed by atoms with Crippen molar-refractivity contribution in [2.75, 3.05) is 36.0 Å². The number of aliphatic hydroxyl groups is 1. The average molecular weight is 327 g/mol. The highest BCUT2D eigenvalue weighted by Gasteiger charge is 2.24. The number of β-amino-alcohol motifs (C(OH)–C–C–N with tert-alkyl or cyclic N) is 1. The third kappa shape index (κ3) is 2.69. The Morgan fingerprint density at radius 2 is 1.96 bits per heavy atom. The summed E-state index contributed by atoms with van der Waals surface area (Å²) in [5, 5.41) is 11.3. The highest BCUT2D eigenvalue weighted by Crippen LogP contribution is 2.23. The number of nitrogens with one attached hydrogen (secondary N) is 2. The molecular weight excluding hydrogens is 310 g/mol. The molecule has 0 amide bonds. The van der Waals surface area contributed by atoms with Gasteiger partial charge in [-0.2, -0.15) is 0 Å². The number of anilines is 2. The van der Waals surface area contributed by atoms with Gasteiger partial charge in [0.25, 0.3) is 5.56 Å². The minimum atomic E-state index is -0.586. The van der Waals surface area contributed by atoms with Crippen molar-refractivity contribution in [3.63, 3.8) is 0 Å². The van der Waals surface area contributed by atoms with Crippen LogP contribution < -0.4 is 15.4 Å². The van der Waals surface area contributed by atoms with Gasteiger partial charge in [-0.1, -0.05) is 0 Å². The van der Waals surface area contributed by atoms with Crippen LogP contribution >= 0.6 is 0 Å². The van der Waals surface area contributed by atoms with Gasteiger partial charge in [0.1, 0.15) is 23.6 Å². The van der Waals surface area contributed by atoms with Crippen LogP contribution in [0.1, 0.15) is 0 Å². The summed E-state index contributed by atoms with van der Waals surface area (Å²) in [6, 6.07) is 3.37. The van der Waals surface area contributed by atoms with Gasteiger partial charge in [-0.25, -0.2) is 15.0 Å². The summed E-state index contributed by atoms with van der Waals surface area (Å²) in [6.45, 7) is 2.15. The number of nitrogens with zero attached hydrogens (tertiary/aromatic N) is 5. The Labute approximate surface area is 137 Å². The number of fused-ring (bicyclic) bond motifs is 1. The largest absolute Gasteiger partial charge is 0.389 e. The zero-order valence-corrected chi connectivity index (χ0v) is 12.9. The maximum Gasteiger partial charge on any atom is 0.252 e. The molecule has 9 nitrogen and oxygen atoms in total. The van der Waals surface area contributed by atoms with Gasteiger partial charge in [-0.15, -0.1) is 0 Å². The molecule has 0 spiro atoms. The molecule has 1 aliphatic rings. The van der Waals surface area contributed by atoms with Gasteiger partial charge in [0.15, 0.2) is 0 Å². The predicted molar refractivity (Wildman–Crippen MR) is 89.2 cm³/mol. The Morgan fingerprint density at radius 1 is 1.12 bits per heavy atom. The number of aliphatic hydroxyl groups excluding tert-OH is 1. The molecule has 4 heterocycles. The van der Waals surface area contributed by atoms with E-state index in [0.29, 0.717) is 32.0 Å². The molecule has 1 fully saturated rings. The minimum absolute atomic E-state index is 0.208. The standard InChI is InChI=1S/C15H17N7O2/c23-10-6-21(12-5-13(24)18-8-17-12)3-4-22(7-10)15-11-1-2-16-14(11)19-9-20-15/h1-2,5,8-10,23H,3-4,6-7H2,(H,16,19,20)(H,17,18,24)/t10-/m1/s1. The zero-order valence-electron chi connectivity index (χ0n) is 12.9. The van der Waals surface area contributed by atoms with E-state index >= 15 is 0 Å². The van der Waals surface area contributed by atoms with Crippen LogP contribution in [0, 0.1) is 0 Å². The summed E-state index contributed by atoms with van der Waals surface area (Å²) in [5.41, 5.74) is 0.562. The van der Waals surface area contributed by atoms with Gasteiger partial charge in [0, 0.05) is 38.4 Å². The quantitative estimate of drug-likeness (QED) is 0.593. The Balaban J connectivity index is 1.62. The summed E-state index contributed by atoms with van der Waals surface area (Å²) in [4.78, 5) is 33.8. The summed E-state index contributed by atoms with van der Waals surface area (Å²) in [7, 11) is 0. The topological polar surface area (TPSA) is 114 Å². The van der Waals surface area contributed by atoms with Crippen molar-refractivity contribution in [2.24, 2.45) is 0 Å². The summed E-state index contributed by atoms with van der Waals surface area (Å²) < 4.78 is 0. The van der Waals surface area contributed by atoms with E-state index in [1.165, 1.54) is 18.7 Å². The molecule has 4 rings (SSSR count). The average Bonchev–Trinajstić information content (AvgIpc) is 2.97. The normalized spacial score (nSPS) is 18.8. The maximum atomic E-state index is 11.5. The van der Waals surface area contributed by atoms with Gasteiger partial charge >= 0.3 is 0 Å². The Morgan fingerprint density at radius 3 is 2.83 bits per heavy atom. The molecule has 9 heteroatoms. The second-order valence-electron chi connectivity index (χ2n) is 5.75. The summed E-state index contributed by atoms with van der Waals surface area (Å²) >= 11 is 0. The van der Waals surface area contributed by atoms with Gasteiger partial charge < -0.3 is 24.9 Å². The molecule has 0 aromatic carbocycles. The lowest BCUT2D eigenvalue weighted by Crippen LogP contribution is -2.34. The van der Waals surface area contributed by atoms with Crippen LogP contribution in [0.4, 0.5) is 11.6 Å². The Hall–Kier alpha value is -2.94. The zero-order chi connectivity index (χ0) is 16.5. The van der Waals surface area contributed by atoms with Crippen molar-refractivity contribution in [3.05, 3.63) is 41.3 Å². The number of hydrogen-bond acceptors (Lipinski definition) is 7. The first kappa shape index (κ1) is 14.6. The number of hydrogen-bond donors (Lipinski definition) is 3. The Bertz CT molecular complexity index is 906. The Kier molecular flexibility index (Phi) is 3.62. The second-order valence-corrected chi connectivity index (χ2v) is 5.75. The first-order chi connectivity index (χ1) is 11.7. The van der Waals surface area contributed by atoms with E-state index in [9.17, 15) is 9.90 Å². The number of aromatic amines is 2. The van der Waals surface area contributed by atoms with E-state index in [4.69, 9.17) is 0 Å². The van der Waals surface area contributed by atoms with E-state index in [2.05, 4.69) is 24.9 Å². The highest BCUT2D eigenvalue weighted by molar-refractivity contribution is 5.87. The fourth-order valence-corrected chi connectivity index (χ4v) is 3.03. The smallest absolute Gasteiger partial charge is 0.252 e. The van der Waals surface area contributed by atoms with Crippen LogP contribution in [0.3, 0.4) is 0 Å². The van der Waals surface area contributed by atoms with Crippen LogP contribution in [-0.2, 0) is 0 Å². The fourth-order valence-electron chi connectivity index (χ4n) is 3.03. The van der Waals surface area contributed by atoms with E-state index in [0.717, 1.165) is 16.9 Å². The summed E-state index contributed by atoms with van der Waals surface area (Å²) in [5.74, 6) is 1.36. The molecule has 3 aromatic heterocycles. The molecule has 0 bridgehead atoms. The fraction of sp³-hybridized carbons (Fsp3) is 0.333. The highest BCUT2D eigenvalue weighted by atomic mass is 16.3. The summed E-state index contributed by atoms with van der Waals surface area (Å²) in [6.07, 6.45) is 4.13. The number of rotatable bonds is 2. The van der Waals surface area contributed by atoms with Crippen LogP contribution in [0.15, 0.2) is 35.8 Å². The number of H-pyrrole nitrogens is 2. The van der Waals surface area contributed by atoms with E-state index in [1.807, 2.05) is 22.1 Å². The third-order valence-electron chi connectivity index (χ3n) is 4.12. The van der Waals surface area contributed by atoms with Crippen LogP contribution in [-0.4, -0.2) is 62.3 Å². The lowest BCUT2D eigenvalue weighted by atomic mass is 10.3. The van der Waals surface area contributed by atoms with Crippen LogP contribution in [0.5, 0.6) is 0 Å². The molecular formula is C15H17N7O2. The molecule has 0 unspecified atom stereocenters. The van der Waals surface area contributed by atoms with E-state index < -0.39 is 6.10 Å². The van der Waals surface area contributed by atoms with Gasteiger partial charge in [0.05, 0.1) is 17.8 Å². The van der Waals surface area contributed by atoms with Gasteiger partial charge in [-0.3, -0.25) is 4.79 Å². The monoisotopic (exact) mass is 327 g/mol. The third-order valence-corrected chi connectivity index (χ3v) is 4.12. The second kappa shape index (κ2) is 5.93. The van der Waals surface area contributed by atoms with Crippen molar-refractivity contribution in [2.45, 2.75) is 6.10 Å². The van der Waals surface area contributed by atoms with Crippen molar-refractivity contribution in [1.82, 2.24) is 24.9 Å². The molecule has 1 aliphatic heterocycles. The van der Waals surface area contributed by atoms with Crippen LogP contribution in [0.25, 0.3) is 11.0 Å². The lowest BCUT2D eigenvalue weighted by molar-refractivity contribution is 0.190. The maximum absolute atomic E-state index is 11.5. The molecule has 3 N–H and O–H groups in total. The SMILES string of the molecule is O=c1cc(N2CCN(c3ncnc4[nH]ccc34)C[C@H](O)C2)nc[nH]1. The van der Waals surface area contributed by atoms with Crippen molar-refractivity contribution in [3.8, 4) is 0 Å². The molecule has 0 radical (unpaired) electrons. The van der Waals surface area contributed by atoms with E-state index in [-0.39, 0.29) is 5.56 Å². The van der Waals surface area contributed by atoms with Gasteiger partial charge in [0.2, 0.25) is 0 Å². The molecule has 0 aliphatic carbocycles. The predicted octanol–water partition coefficient (Wildman–Crippen LogP) is -0.271. The van der Waals surface area contributed by atoms with Crippen LogP contribution in [0.2, 0.25) is 0 Å². The van der Waals surface area contributed by atoms with Gasteiger partial charge in [-0.05, 0) is 6.07 Å². The minimum Gasteiger partial charge on any atom is -0.389 e. The first-order valence-corrected chi connectivity index (χ1v) is 7.71. The number of aromatic nitrogens is 5. The molecule has 3 aromatic rings. The van der Waals surface area contributed by atoms with E-state index in [1.54, 1.807) is 0 Å². The molecule has 24 heavy (non-hydrogen) atoms. The van der Waals surface area contributed by atoms with Crippen molar-refractivity contribution in [1.29, 1.82) is 0 Å². The first-order valence-electron chi connectivity index (χ1n) is 7.71.